The first-order valence-electron chi connectivity index (χ1n) is 14.9. The quantitative estimate of drug-likeness (QED) is 0.235. The fourth-order valence-corrected chi connectivity index (χ4v) is 6.31. The van der Waals surface area contributed by atoms with Gasteiger partial charge in [-0.05, 0) is 72.2 Å². The third-order valence-electron chi connectivity index (χ3n) is 8.38. The van der Waals surface area contributed by atoms with Gasteiger partial charge in [-0.3, -0.25) is 19.2 Å². The zero-order valence-corrected chi connectivity index (χ0v) is 25.9. The summed E-state index contributed by atoms with van der Waals surface area (Å²) < 4.78 is 5.72. The molecule has 45 heavy (non-hydrogen) atoms. The highest BCUT2D eigenvalue weighted by molar-refractivity contribution is 6.31. The lowest BCUT2D eigenvalue weighted by atomic mass is 9.86. The van der Waals surface area contributed by atoms with Crippen LogP contribution in [0.1, 0.15) is 58.8 Å². The zero-order valence-electron chi connectivity index (χ0n) is 24.4. The second-order valence-electron chi connectivity index (χ2n) is 11.4. The number of carbonyl (C=O) groups excluding carboxylic acids is 3. The van der Waals surface area contributed by atoms with Crippen molar-refractivity contribution in [3.8, 4) is 0 Å². The highest BCUT2D eigenvalue weighted by Crippen LogP contribution is 2.32. The fraction of sp³-hybridized carbons (Fsp3) is 0.257. The van der Waals surface area contributed by atoms with E-state index in [0.717, 1.165) is 37.4 Å². The van der Waals surface area contributed by atoms with Gasteiger partial charge in [-0.25, -0.2) is 0 Å². The molecule has 1 aromatic heterocycles. The van der Waals surface area contributed by atoms with Crippen molar-refractivity contribution in [2.45, 2.75) is 38.1 Å². The molecule has 10 heteroatoms. The molecule has 2 aliphatic rings. The normalized spacial score (nSPS) is 16.0. The van der Waals surface area contributed by atoms with E-state index >= 15 is 0 Å². The van der Waals surface area contributed by atoms with E-state index in [-0.39, 0.29) is 34.8 Å². The summed E-state index contributed by atoms with van der Waals surface area (Å²) in [4.78, 5) is 55.9. The molecule has 0 unspecified atom stereocenters. The highest BCUT2D eigenvalue weighted by atomic mass is 35.5. The van der Waals surface area contributed by atoms with Gasteiger partial charge < -0.3 is 19.5 Å². The van der Waals surface area contributed by atoms with Gasteiger partial charge in [-0.15, -0.1) is 0 Å². The Hall–Kier alpha value is -4.40. The van der Waals surface area contributed by atoms with Gasteiger partial charge in [0.15, 0.2) is 11.2 Å². The van der Waals surface area contributed by atoms with E-state index in [1.165, 1.54) is 17.7 Å². The Kier molecular flexibility index (Phi) is 9.05. The number of rotatable bonds is 7. The Morgan fingerprint density at radius 1 is 0.911 bits per heavy atom. The fourth-order valence-electron chi connectivity index (χ4n) is 6.02. The lowest BCUT2D eigenvalue weighted by Crippen LogP contribution is -2.42. The topological polar surface area (TPSA) is 99.9 Å². The molecule has 8 nitrogen and oxygen atoms in total. The van der Waals surface area contributed by atoms with Crippen molar-refractivity contribution in [1.29, 1.82) is 0 Å². The van der Waals surface area contributed by atoms with Crippen LogP contribution in [0.25, 0.3) is 17.0 Å². The number of nitrogens with one attached hydrogen (secondary N) is 1. The van der Waals surface area contributed by atoms with Gasteiger partial charge in [-0.1, -0.05) is 59.6 Å². The van der Waals surface area contributed by atoms with Crippen LogP contribution in [0.3, 0.4) is 0 Å². The van der Waals surface area contributed by atoms with E-state index in [0.29, 0.717) is 47.1 Å². The van der Waals surface area contributed by atoms with Crippen molar-refractivity contribution in [3.63, 3.8) is 0 Å². The van der Waals surface area contributed by atoms with E-state index in [1.54, 1.807) is 41.3 Å². The molecule has 3 amide bonds. The van der Waals surface area contributed by atoms with Crippen LogP contribution in [0.5, 0.6) is 0 Å². The summed E-state index contributed by atoms with van der Waals surface area (Å²) in [6, 6.07) is 20.8. The number of hydrogen-bond acceptors (Lipinski definition) is 5. The molecule has 1 N–H and O–H groups in total. The van der Waals surface area contributed by atoms with Crippen LogP contribution >= 0.6 is 23.2 Å². The van der Waals surface area contributed by atoms with Gasteiger partial charge in [0, 0.05) is 54.8 Å². The Bertz CT molecular complexity index is 1860. The van der Waals surface area contributed by atoms with Gasteiger partial charge in [0.2, 0.25) is 5.91 Å². The van der Waals surface area contributed by atoms with Crippen molar-refractivity contribution >= 4 is 58.0 Å². The smallest absolute Gasteiger partial charge is 0.291 e. The van der Waals surface area contributed by atoms with Gasteiger partial charge in [-0.2, -0.15) is 0 Å². The van der Waals surface area contributed by atoms with E-state index in [9.17, 15) is 19.2 Å². The standard InChI is InChI=1S/C35H31Cl2N3O5/c36-25-9-7-22(8-10-25)18-29(38-34(43)32-20-30(41)28-12-11-26(37)19-31(28)45-32)35(44)39-16-13-23(14-17-39)27-5-2-1-4-24(27)21-40-15-3-6-33(40)42/h1-2,4-5,7-12,18-20,23H,3,6,13-17,21H2,(H,38,43)/b29-18-. The first-order chi connectivity index (χ1) is 21.7. The van der Waals surface area contributed by atoms with Crippen LogP contribution < -0.4 is 10.7 Å². The maximum absolute atomic E-state index is 13.9. The molecule has 0 radical (unpaired) electrons. The predicted octanol–water partition coefficient (Wildman–Crippen LogP) is 6.40. The molecule has 0 spiro atoms. The Labute approximate surface area is 270 Å². The molecule has 0 saturated carbocycles. The molecule has 2 saturated heterocycles. The molecule has 4 aromatic rings. The van der Waals surface area contributed by atoms with Crippen LogP contribution in [0.15, 0.2) is 87.7 Å². The molecule has 3 aromatic carbocycles. The van der Waals surface area contributed by atoms with Gasteiger partial charge in [0.05, 0.1) is 5.39 Å². The van der Waals surface area contributed by atoms with Crippen LogP contribution in [-0.2, 0) is 16.1 Å². The third kappa shape index (κ3) is 6.97. The zero-order chi connectivity index (χ0) is 31.5. The van der Waals surface area contributed by atoms with Crippen LogP contribution in [0.4, 0.5) is 0 Å². The number of halogens is 2. The van der Waals surface area contributed by atoms with Crippen molar-refractivity contribution in [2.75, 3.05) is 19.6 Å². The molecule has 2 aliphatic heterocycles. The molecule has 2 fully saturated rings. The minimum absolute atomic E-state index is 0.0440. The summed E-state index contributed by atoms with van der Waals surface area (Å²) in [5, 5.41) is 3.88. The number of nitrogens with zero attached hydrogens (tertiary/aromatic N) is 2. The number of benzene rings is 3. The predicted molar refractivity (Wildman–Crippen MR) is 174 cm³/mol. The number of likely N-dealkylation sites (tertiary alicyclic amines) is 2. The first kappa shape index (κ1) is 30.6. The van der Waals surface area contributed by atoms with Crippen LogP contribution in [0.2, 0.25) is 10.0 Å². The van der Waals surface area contributed by atoms with Crippen LogP contribution in [-0.4, -0.2) is 47.2 Å². The van der Waals surface area contributed by atoms with E-state index in [1.807, 2.05) is 17.0 Å². The van der Waals surface area contributed by atoms with Crippen molar-refractivity contribution in [3.05, 3.63) is 121 Å². The third-order valence-corrected chi connectivity index (χ3v) is 8.87. The van der Waals surface area contributed by atoms with E-state index in [4.69, 9.17) is 27.6 Å². The molecular weight excluding hydrogens is 613 g/mol. The Morgan fingerprint density at radius 2 is 1.64 bits per heavy atom. The summed E-state index contributed by atoms with van der Waals surface area (Å²) in [6.45, 7) is 2.35. The summed E-state index contributed by atoms with van der Waals surface area (Å²) in [7, 11) is 0. The summed E-state index contributed by atoms with van der Waals surface area (Å²) >= 11 is 12.1. The molecular formula is C35H31Cl2N3O5. The number of carbonyl (C=O) groups is 3. The Balaban J connectivity index is 1.21. The van der Waals surface area contributed by atoms with Gasteiger partial charge in [0.1, 0.15) is 11.3 Å². The van der Waals surface area contributed by atoms with E-state index in [2.05, 4.69) is 17.4 Å². The number of fused-ring (bicyclic) bond motifs is 1. The summed E-state index contributed by atoms with van der Waals surface area (Å²) in [5.41, 5.74) is 2.83. The molecule has 6 rings (SSSR count). The minimum atomic E-state index is -0.734. The molecule has 0 bridgehead atoms. The monoisotopic (exact) mass is 643 g/mol. The lowest BCUT2D eigenvalue weighted by Gasteiger charge is -2.34. The SMILES string of the molecule is O=C(N/C(=C\c1ccc(Cl)cc1)C(=O)N1CCC(c2ccccc2CN2CCCC2=O)CC1)c1cc(=O)c2ccc(Cl)cc2o1. The van der Waals surface area contributed by atoms with Gasteiger partial charge >= 0.3 is 0 Å². The maximum Gasteiger partial charge on any atom is 0.291 e. The summed E-state index contributed by atoms with van der Waals surface area (Å²) in [5.74, 6) is -0.892. The number of hydrogen-bond donors (Lipinski definition) is 1. The van der Waals surface area contributed by atoms with Crippen molar-refractivity contribution < 1.29 is 18.8 Å². The molecule has 230 valence electrons. The lowest BCUT2D eigenvalue weighted by molar-refractivity contribution is -0.129. The average Bonchev–Trinajstić information content (AvgIpc) is 3.45. The van der Waals surface area contributed by atoms with Crippen molar-refractivity contribution in [1.82, 2.24) is 15.1 Å². The molecule has 0 atom stereocenters. The Morgan fingerprint density at radius 3 is 2.38 bits per heavy atom. The van der Waals surface area contributed by atoms with Crippen LogP contribution in [0, 0.1) is 0 Å². The van der Waals surface area contributed by atoms with Gasteiger partial charge in [0.25, 0.3) is 11.8 Å². The maximum atomic E-state index is 13.9. The number of amides is 3. The second-order valence-corrected chi connectivity index (χ2v) is 12.2. The van der Waals surface area contributed by atoms with Crippen molar-refractivity contribution in [2.24, 2.45) is 0 Å². The second kappa shape index (κ2) is 13.3. The van der Waals surface area contributed by atoms with E-state index < -0.39 is 11.3 Å². The average molecular weight is 645 g/mol. The minimum Gasteiger partial charge on any atom is -0.451 e. The highest BCUT2D eigenvalue weighted by Gasteiger charge is 2.29. The molecule has 3 heterocycles. The first-order valence-corrected chi connectivity index (χ1v) is 15.7. The molecule has 0 aliphatic carbocycles. The summed E-state index contributed by atoms with van der Waals surface area (Å²) in [6.07, 6.45) is 4.55. The number of piperidine rings is 1. The largest absolute Gasteiger partial charge is 0.451 e.